The molecule has 2 rings (SSSR count). The van der Waals surface area contributed by atoms with Crippen molar-refractivity contribution in [3.63, 3.8) is 0 Å². The highest BCUT2D eigenvalue weighted by atomic mass is 16.5. The first-order chi connectivity index (χ1) is 9.78. The maximum atomic E-state index is 5.85. The lowest BCUT2D eigenvalue weighted by Gasteiger charge is -2.17. The second-order valence-electron chi connectivity index (χ2n) is 4.79. The number of furan rings is 1. The van der Waals surface area contributed by atoms with Gasteiger partial charge in [0, 0.05) is 18.5 Å². The molecule has 0 fully saturated rings. The SMILES string of the molecule is CCN(CC)CCNCc1cc2cccc(OC)c2o1. The van der Waals surface area contributed by atoms with Gasteiger partial charge < -0.3 is 19.4 Å². The summed E-state index contributed by atoms with van der Waals surface area (Å²) in [5.74, 6) is 1.74. The van der Waals surface area contributed by atoms with Crippen LogP contribution in [-0.2, 0) is 6.54 Å². The van der Waals surface area contributed by atoms with Gasteiger partial charge in [0.25, 0.3) is 0 Å². The van der Waals surface area contributed by atoms with E-state index in [0.717, 1.165) is 55.2 Å². The van der Waals surface area contributed by atoms with E-state index in [9.17, 15) is 0 Å². The van der Waals surface area contributed by atoms with Crippen LogP contribution in [0.5, 0.6) is 5.75 Å². The third kappa shape index (κ3) is 3.52. The van der Waals surface area contributed by atoms with Gasteiger partial charge in [0.05, 0.1) is 13.7 Å². The van der Waals surface area contributed by atoms with Gasteiger partial charge in [-0.3, -0.25) is 0 Å². The summed E-state index contributed by atoms with van der Waals surface area (Å²) in [6.45, 7) is 9.36. The number of hydrogen-bond acceptors (Lipinski definition) is 4. The number of nitrogens with zero attached hydrogens (tertiary/aromatic N) is 1. The Morgan fingerprint density at radius 1 is 1.25 bits per heavy atom. The normalized spacial score (nSPS) is 11.4. The summed E-state index contributed by atoms with van der Waals surface area (Å²) in [5.41, 5.74) is 0.829. The first kappa shape index (κ1) is 14.9. The van der Waals surface area contributed by atoms with Gasteiger partial charge in [-0.05, 0) is 25.2 Å². The zero-order valence-corrected chi connectivity index (χ0v) is 12.6. The van der Waals surface area contributed by atoms with Gasteiger partial charge in [-0.2, -0.15) is 0 Å². The van der Waals surface area contributed by atoms with Gasteiger partial charge in [0.2, 0.25) is 0 Å². The monoisotopic (exact) mass is 276 g/mol. The number of fused-ring (bicyclic) bond motifs is 1. The standard InChI is InChI=1S/C16H24N2O2/c1-4-18(5-2)10-9-17-12-14-11-13-7-6-8-15(19-3)16(13)20-14/h6-8,11,17H,4-5,9-10,12H2,1-3H3. The van der Waals surface area contributed by atoms with E-state index in [-0.39, 0.29) is 0 Å². The first-order valence-corrected chi connectivity index (χ1v) is 7.27. The molecule has 0 atom stereocenters. The zero-order valence-electron chi connectivity index (χ0n) is 12.6. The number of benzene rings is 1. The van der Waals surface area contributed by atoms with Crippen molar-refractivity contribution in [2.75, 3.05) is 33.3 Å². The summed E-state index contributed by atoms with van der Waals surface area (Å²) >= 11 is 0. The quantitative estimate of drug-likeness (QED) is 0.752. The molecule has 0 aliphatic heterocycles. The molecule has 0 saturated heterocycles. The second kappa shape index (κ2) is 7.31. The van der Waals surface area contributed by atoms with Gasteiger partial charge in [-0.15, -0.1) is 0 Å². The maximum Gasteiger partial charge on any atom is 0.176 e. The average molecular weight is 276 g/mol. The lowest BCUT2D eigenvalue weighted by atomic mass is 10.2. The van der Waals surface area contributed by atoms with Crippen LogP contribution in [0.2, 0.25) is 0 Å². The second-order valence-corrected chi connectivity index (χ2v) is 4.79. The van der Waals surface area contributed by atoms with Crippen LogP contribution in [0, 0.1) is 0 Å². The molecule has 20 heavy (non-hydrogen) atoms. The topological polar surface area (TPSA) is 37.6 Å². The van der Waals surface area contributed by atoms with Crippen molar-refractivity contribution in [2.45, 2.75) is 20.4 Å². The van der Waals surface area contributed by atoms with Crippen molar-refractivity contribution in [2.24, 2.45) is 0 Å². The van der Waals surface area contributed by atoms with E-state index in [1.165, 1.54) is 0 Å². The molecule has 2 aromatic rings. The molecule has 1 N–H and O–H groups in total. The molecule has 0 unspecified atom stereocenters. The van der Waals surface area contributed by atoms with Crippen LogP contribution in [0.4, 0.5) is 0 Å². The molecule has 1 aromatic heterocycles. The highest BCUT2D eigenvalue weighted by molar-refractivity contribution is 5.83. The van der Waals surface area contributed by atoms with Gasteiger partial charge >= 0.3 is 0 Å². The Morgan fingerprint density at radius 3 is 2.75 bits per heavy atom. The molecule has 0 saturated carbocycles. The van der Waals surface area contributed by atoms with Crippen LogP contribution in [-0.4, -0.2) is 38.2 Å². The summed E-state index contributed by atoms with van der Waals surface area (Å²) < 4.78 is 11.2. The fourth-order valence-corrected chi connectivity index (χ4v) is 2.33. The molecule has 4 heteroatoms. The zero-order chi connectivity index (χ0) is 14.4. The number of hydrogen-bond donors (Lipinski definition) is 1. The maximum absolute atomic E-state index is 5.85. The lowest BCUT2D eigenvalue weighted by molar-refractivity contribution is 0.300. The number of likely N-dealkylation sites (N-methyl/N-ethyl adjacent to an activating group) is 1. The predicted octanol–water partition coefficient (Wildman–Crippen LogP) is 2.87. The van der Waals surface area contributed by atoms with Gasteiger partial charge in [-0.25, -0.2) is 0 Å². The van der Waals surface area contributed by atoms with Gasteiger partial charge in [0.1, 0.15) is 5.76 Å². The minimum absolute atomic E-state index is 0.749. The molecule has 110 valence electrons. The molecular formula is C16H24N2O2. The Morgan fingerprint density at radius 2 is 2.05 bits per heavy atom. The first-order valence-electron chi connectivity index (χ1n) is 7.27. The van der Waals surface area contributed by atoms with Gasteiger partial charge in [-0.1, -0.05) is 26.0 Å². The van der Waals surface area contributed by atoms with Crippen molar-refractivity contribution in [3.05, 3.63) is 30.0 Å². The summed E-state index contributed by atoms with van der Waals surface area (Å²) in [6, 6.07) is 8.01. The van der Waals surface area contributed by atoms with Crippen LogP contribution in [0.3, 0.4) is 0 Å². The van der Waals surface area contributed by atoms with Crippen molar-refractivity contribution in [1.82, 2.24) is 10.2 Å². The van der Waals surface area contributed by atoms with Crippen LogP contribution in [0.15, 0.2) is 28.7 Å². The molecule has 0 radical (unpaired) electrons. The highest BCUT2D eigenvalue weighted by Gasteiger charge is 2.08. The van der Waals surface area contributed by atoms with Crippen LogP contribution >= 0.6 is 0 Å². The predicted molar refractivity (Wildman–Crippen MR) is 82.3 cm³/mol. The van der Waals surface area contributed by atoms with Crippen molar-refractivity contribution in [3.8, 4) is 5.75 Å². The smallest absolute Gasteiger partial charge is 0.176 e. The van der Waals surface area contributed by atoms with E-state index in [0.29, 0.717) is 0 Å². The minimum Gasteiger partial charge on any atom is -0.493 e. The molecule has 1 heterocycles. The fourth-order valence-electron chi connectivity index (χ4n) is 2.33. The van der Waals surface area contributed by atoms with E-state index in [2.05, 4.69) is 30.1 Å². The minimum atomic E-state index is 0.749. The van der Waals surface area contributed by atoms with Crippen LogP contribution in [0.1, 0.15) is 19.6 Å². The molecule has 0 amide bonds. The molecule has 0 spiro atoms. The van der Waals surface area contributed by atoms with Crippen LogP contribution in [0.25, 0.3) is 11.0 Å². The fraction of sp³-hybridized carbons (Fsp3) is 0.500. The molecular weight excluding hydrogens is 252 g/mol. The highest BCUT2D eigenvalue weighted by Crippen LogP contribution is 2.28. The van der Waals surface area contributed by atoms with E-state index >= 15 is 0 Å². The van der Waals surface area contributed by atoms with Crippen molar-refractivity contribution >= 4 is 11.0 Å². The summed E-state index contributed by atoms with van der Waals surface area (Å²) in [4.78, 5) is 2.40. The Balaban J connectivity index is 1.90. The molecule has 4 nitrogen and oxygen atoms in total. The summed E-state index contributed by atoms with van der Waals surface area (Å²) in [5, 5.41) is 4.51. The molecule has 0 aliphatic rings. The molecule has 0 bridgehead atoms. The number of methoxy groups -OCH3 is 1. The Kier molecular flexibility index (Phi) is 5.44. The number of rotatable bonds is 8. The molecule has 0 aliphatic carbocycles. The van der Waals surface area contributed by atoms with E-state index in [4.69, 9.17) is 9.15 Å². The number of ether oxygens (including phenoxy) is 1. The van der Waals surface area contributed by atoms with Crippen molar-refractivity contribution in [1.29, 1.82) is 0 Å². The number of nitrogens with one attached hydrogen (secondary N) is 1. The summed E-state index contributed by atoms with van der Waals surface area (Å²) in [6.07, 6.45) is 0. The average Bonchev–Trinajstić information content (AvgIpc) is 2.90. The van der Waals surface area contributed by atoms with Gasteiger partial charge in [0.15, 0.2) is 11.3 Å². The van der Waals surface area contributed by atoms with E-state index < -0.39 is 0 Å². The van der Waals surface area contributed by atoms with E-state index in [1.807, 2.05) is 18.2 Å². The van der Waals surface area contributed by atoms with E-state index in [1.54, 1.807) is 7.11 Å². The Bertz CT molecular complexity index is 532. The van der Waals surface area contributed by atoms with Crippen molar-refractivity contribution < 1.29 is 9.15 Å². The lowest BCUT2D eigenvalue weighted by Crippen LogP contribution is -2.31. The summed E-state index contributed by atoms with van der Waals surface area (Å²) in [7, 11) is 1.67. The number of para-hydroxylation sites is 1. The Labute approximate surface area is 120 Å². The largest absolute Gasteiger partial charge is 0.493 e. The molecule has 1 aromatic carbocycles. The third-order valence-corrected chi connectivity index (χ3v) is 3.58. The van der Waals surface area contributed by atoms with Crippen LogP contribution < -0.4 is 10.1 Å². The Hall–Kier alpha value is -1.52. The third-order valence-electron chi connectivity index (χ3n) is 3.58.